The van der Waals surface area contributed by atoms with Crippen LogP contribution in [0.3, 0.4) is 0 Å². The van der Waals surface area contributed by atoms with Gasteiger partial charge in [0.1, 0.15) is 54.9 Å². The number of hydrogen-bond acceptors (Lipinski definition) is 14. The third kappa shape index (κ3) is 34.1. The molecule has 11 unspecified atom stereocenters. The fourth-order valence-corrected chi connectivity index (χ4v) is 8.95. The first kappa shape index (κ1) is 68.5. The van der Waals surface area contributed by atoms with Crippen molar-refractivity contribution in [2.45, 2.75) is 274 Å². The zero-order chi connectivity index (χ0) is 54.4. The van der Waals surface area contributed by atoms with E-state index in [1.165, 1.54) is 89.9 Å². The van der Waals surface area contributed by atoms with Crippen LogP contribution in [-0.2, 0) is 33.2 Å². The van der Waals surface area contributed by atoms with E-state index in [4.69, 9.17) is 28.4 Å². The lowest BCUT2D eigenvalue weighted by molar-refractivity contribution is -0.332. The summed E-state index contributed by atoms with van der Waals surface area (Å²) in [6.07, 6.45) is 43.9. The van der Waals surface area contributed by atoms with Gasteiger partial charge in [0.25, 0.3) is 0 Å². The van der Waals surface area contributed by atoms with Gasteiger partial charge in [-0.25, -0.2) is 0 Å². The second-order valence-corrected chi connectivity index (χ2v) is 20.4. The zero-order valence-corrected chi connectivity index (χ0v) is 46.5. The maximum Gasteiger partial charge on any atom is 0.306 e. The van der Waals surface area contributed by atoms with E-state index in [9.17, 15) is 40.5 Å². The number of hydrogen-bond donors (Lipinski definition) is 7. The molecule has 434 valence electrons. The molecule has 0 radical (unpaired) electrons. The average molecular weight is 1060 g/mol. The van der Waals surface area contributed by atoms with E-state index < -0.39 is 80.7 Å². The molecule has 2 heterocycles. The Kier molecular flexibility index (Phi) is 43.3. The normalized spacial score (nSPS) is 25.1. The van der Waals surface area contributed by atoms with Gasteiger partial charge in [0.15, 0.2) is 12.6 Å². The predicted octanol–water partition coefficient (Wildman–Crippen LogP) is 10.6. The molecule has 0 aromatic carbocycles. The Morgan fingerprint density at radius 3 is 1.36 bits per heavy atom. The van der Waals surface area contributed by atoms with Gasteiger partial charge < -0.3 is 64.2 Å². The van der Waals surface area contributed by atoms with Crippen molar-refractivity contribution < 1.29 is 69.0 Å². The molecule has 0 saturated carbocycles. The second-order valence-electron chi connectivity index (χ2n) is 20.4. The highest BCUT2D eigenvalue weighted by atomic mass is 16.7. The number of ether oxygens (including phenoxy) is 6. The number of rotatable bonds is 47. The van der Waals surface area contributed by atoms with Gasteiger partial charge in [0.2, 0.25) is 0 Å². The molecule has 0 spiro atoms. The monoisotopic (exact) mass is 1060 g/mol. The van der Waals surface area contributed by atoms with Crippen LogP contribution >= 0.6 is 0 Å². The maximum absolute atomic E-state index is 13.1. The third-order valence-corrected chi connectivity index (χ3v) is 13.7. The standard InChI is InChI=1S/C61H106O14/c1-3-5-7-9-11-13-15-17-19-21-22-23-24-25-26-27-28-29-30-32-34-36-38-40-42-44-53(63)73-50(47-70-45-43-41-39-37-35-33-31-20-18-16-14-12-10-8-6-4-2)48-71-60-59(69)57(67)55(65)52(75-60)49-72-61-58(68)56(66)54(64)51(46-62)74-61/h6,8,12,14-15,17-18,20-22,24-25,50-52,54-62,64-69H,3-5,7,9-11,13,16,19,23,26-49H2,1-2H3/b8-6-,14-12-,17-15-,20-18-,22-21-,25-24-. The van der Waals surface area contributed by atoms with Gasteiger partial charge in [0, 0.05) is 13.0 Å². The molecule has 2 aliphatic rings. The van der Waals surface area contributed by atoms with Crippen molar-refractivity contribution in [3.8, 4) is 0 Å². The number of carbonyl (C=O) groups is 1. The summed E-state index contributed by atoms with van der Waals surface area (Å²) in [4.78, 5) is 13.1. The highest BCUT2D eigenvalue weighted by Gasteiger charge is 2.47. The Morgan fingerprint density at radius 1 is 0.453 bits per heavy atom. The molecule has 0 aromatic heterocycles. The minimum Gasteiger partial charge on any atom is -0.457 e. The van der Waals surface area contributed by atoms with Crippen molar-refractivity contribution in [2.75, 3.05) is 33.0 Å². The number of allylic oxidation sites excluding steroid dienone is 12. The Morgan fingerprint density at radius 2 is 0.867 bits per heavy atom. The fourth-order valence-electron chi connectivity index (χ4n) is 8.95. The lowest BCUT2D eigenvalue weighted by Gasteiger charge is -2.42. The quantitative estimate of drug-likeness (QED) is 0.0172. The van der Waals surface area contributed by atoms with E-state index in [1.54, 1.807) is 0 Å². The summed E-state index contributed by atoms with van der Waals surface area (Å²) in [6.45, 7) is 3.53. The van der Waals surface area contributed by atoms with Crippen molar-refractivity contribution in [3.05, 3.63) is 72.9 Å². The van der Waals surface area contributed by atoms with E-state index >= 15 is 0 Å². The minimum atomic E-state index is -1.71. The summed E-state index contributed by atoms with van der Waals surface area (Å²) in [6, 6.07) is 0. The first-order valence-electron chi connectivity index (χ1n) is 29.5. The van der Waals surface area contributed by atoms with Gasteiger partial charge in [-0.15, -0.1) is 0 Å². The van der Waals surface area contributed by atoms with Gasteiger partial charge >= 0.3 is 5.97 Å². The summed E-state index contributed by atoms with van der Waals surface area (Å²) in [5.74, 6) is -0.387. The molecule has 0 bridgehead atoms. The van der Waals surface area contributed by atoms with Crippen LogP contribution in [-0.4, -0.2) is 142 Å². The predicted molar refractivity (Wildman–Crippen MR) is 298 cm³/mol. The third-order valence-electron chi connectivity index (χ3n) is 13.7. The molecule has 0 aliphatic carbocycles. The summed E-state index contributed by atoms with van der Waals surface area (Å²) < 4.78 is 34.4. The number of aliphatic hydroxyl groups is 7. The molecule has 2 aliphatic heterocycles. The fraction of sp³-hybridized carbons (Fsp3) is 0.787. The van der Waals surface area contributed by atoms with Crippen LogP contribution in [0.25, 0.3) is 0 Å². The van der Waals surface area contributed by atoms with Gasteiger partial charge in [0.05, 0.1) is 26.4 Å². The van der Waals surface area contributed by atoms with E-state index in [0.29, 0.717) is 13.0 Å². The molecule has 11 atom stereocenters. The SMILES string of the molecule is CC/C=C\C/C=C\C/C=C\CCCCCCCCOCC(COC1OC(COC2OC(CO)C(O)C(O)C2O)C(O)C(O)C1O)OC(=O)CCCCCCCCCCCC/C=C\C/C=C\C/C=C\CCCCCCC. The average Bonchev–Trinajstić information content (AvgIpc) is 3.41. The number of carbonyl (C=O) groups excluding carboxylic acids is 1. The van der Waals surface area contributed by atoms with Gasteiger partial charge in [-0.3, -0.25) is 4.79 Å². The molecule has 14 nitrogen and oxygen atoms in total. The molecule has 0 amide bonds. The van der Waals surface area contributed by atoms with Crippen molar-refractivity contribution >= 4 is 5.97 Å². The molecule has 7 N–H and O–H groups in total. The minimum absolute atomic E-state index is 0.0479. The van der Waals surface area contributed by atoms with E-state index in [1.807, 2.05) is 0 Å². The van der Waals surface area contributed by atoms with Crippen LogP contribution in [0.4, 0.5) is 0 Å². The van der Waals surface area contributed by atoms with E-state index in [2.05, 4.69) is 86.8 Å². The molecular weight excluding hydrogens is 957 g/mol. The topological polar surface area (TPSA) is 214 Å². The molecule has 14 heteroatoms. The first-order chi connectivity index (χ1) is 36.6. The molecule has 2 saturated heterocycles. The smallest absolute Gasteiger partial charge is 0.306 e. The van der Waals surface area contributed by atoms with Crippen LogP contribution in [0.2, 0.25) is 0 Å². The van der Waals surface area contributed by atoms with Crippen molar-refractivity contribution in [3.63, 3.8) is 0 Å². The van der Waals surface area contributed by atoms with Crippen LogP contribution in [0.15, 0.2) is 72.9 Å². The molecule has 2 rings (SSSR count). The van der Waals surface area contributed by atoms with Crippen LogP contribution in [0.5, 0.6) is 0 Å². The second kappa shape index (κ2) is 47.4. The van der Waals surface area contributed by atoms with E-state index in [0.717, 1.165) is 89.9 Å². The molecule has 2 fully saturated rings. The van der Waals surface area contributed by atoms with Crippen molar-refractivity contribution in [1.29, 1.82) is 0 Å². The summed E-state index contributed by atoms with van der Waals surface area (Å²) >= 11 is 0. The summed E-state index contributed by atoms with van der Waals surface area (Å²) in [5, 5.41) is 72.3. The largest absolute Gasteiger partial charge is 0.457 e. The highest BCUT2D eigenvalue weighted by molar-refractivity contribution is 5.69. The lowest BCUT2D eigenvalue weighted by atomic mass is 9.98. The number of esters is 1. The molecule has 75 heavy (non-hydrogen) atoms. The van der Waals surface area contributed by atoms with Crippen molar-refractivity contribution in [2.24, 2.45) is 0 Å². The van der Waals surface area contributed by atoms with Gasteiger partial charge in [-0.2, -0.15) is 0 Å². The molecular formula is C61H106O14. The number of aliphatic hydroxyl groups excluding tert-OH is 7. The van der Waals surface area contributed by atoms with Gasteiger partial charge in [-0.1, -0.05) is 189 Å². The molecule has 0 aromatic rings. The zero-order valence-electron chi connectivity index (χ0n) is 46.5. The first-order valence-corrected chi connectivity index (χ1v) is 29.5. The van der Waals surface area contributed by atoms with E-state index in [-0.39, 0.29) is 25.6 Å². The van der Waals surface area contributed by atoms with Gasteiger partial charge in [-0.05, 0) is 83.5 Å². The van der Waals surface area contributed by atoms with Crippen LogP contribution in [0.1, 0.15) is 206 Å². The Balaban J connectivity index is 1.70. The Hall–Kier alpha value is -2.57. The highest BCUT2D eigenvalue weighted by Crippen LogP contribution is 2.26. The summed E-state index contributed by atoms with van der Waals surface area (Å²) in [7, 11) is 0. The summed E-state index contributed by atoms with van der Waals surface area (Å²) in [5.41, 5.74) is 0. The van der Waals surface area contributed by atoms with Crippen LogP contribution < -0.4 is 0 Å². The maximum atomic E-state index is 13.1. The van der Waals surface area contributed by atoms with Crippen LogP contribution in [0, 0.1) is 0 Å². The number of unbranched alkanes of at least 4 members (excludes halogenated alkanes) is 21. The van der Waals surface area contributed by atoms with Crippen molar-refractivity contribution in [1.82, 2.24) is 0 Å². The Labute approximate surface area is 453 Å². The lowest BCUT2D eigenvalue weighted by Crippen LogP contribution is -2.61. The Bertz CT molecular complexity index is 1510.